The van der Waals surface area contributed by atoms with Crippen LogP contribution >= 0.6 is 31.9 Å². The van der Waals surface area contributed by atoms with Crippen molar-refractivity contribution in [2.24, 2.45) is 0 Å². The predicted molar refractivity (Wildman–Crippen MR) is 72.6 cm³/mol. The predicted octanol–water partition coefficient (Wildman–Crippen LogP) is 3.77. The fourth-order valence-corrected chi connectivity index (χ4v) is 2.26. The van der Waals surface area contributed by atoms with E-state index in [2.05, 4.69) is 54.1 Å². The monoisotopic (exact) mass is 361 g/mol. The third kappa shape index (κ3) is 3.20. The topological polar surface area (TPSA) is 53.9 Å². The Morgan fingerprint density at radius 1 is 1.53 bits per heavy atom. The molecule has 2 N–H and O–H groups in total. The van der Waals surface area contributed by atoms with Gasteiger partial charge in [0.1, 0.15) is 11.6 Å². The summed E-state index contributed by atoms with van der Waals surface area (Å²) >= 11 is 6.71. The Bertz CT molecular complexity index is 448. The third-order valence-corrected chi connectivity index (χ3v) is 4.19. The molecular formula is C11H13Br2N3O. The van der Waals surface area contributed by atoms with E-state index in [0.717, 1.165) is 27.1 Å². The first kappa shape index (κ1) is 12.9. The first-order valence-corrected chi connectivity index (χ1v) is 6.95. The molecule has 0 aliphatic heterocycles. The second kappa shape index (κ2) is 5.84. The van der Waals surface area contributed by atoms with Crippen LogP contribution in [-0.4, -0.2) is 9.97 Å². The summed E-state index contributed by atoms with van der Waals surface area (Å²) in [6, 6.07) is 2.17. The van der Waals surface area contributed by atoms with E-state index >= 15 is 0 Å². The molecular weight excluding hydrogens is 350 g/mol. The van der Waals surface area contributed by atoms with Crippen molar-refractivity contribution in [3.8, 4) is 0 Å². The number of imidazole rings is 1. The van der Waals surface area contributed by atoms with Crippen LogP contribution in [0.4, 0.5) is 0 Å². The molecule has 92 valence electrons. The number of hydrogen-bond donors (Lipinski definition) is 2. The number of nitrogens with zero attached hydrogens (tertiary/aromatic N) is 1. The van der Waals surface area contributed by atoms with Gasteiger partial charge < -0.3 is 14.7 Å². The lowest BCUT2D eigenvalue weighted by Gasteiger charge is -2.13. The van der Waals surface area contributed by atoms with Crippen molar-refractivity contribution in [2.75, 3.05) is 0 Å². The minimum Gasteiger partial charge on any atom is -0.452 e. The van der Waals surface area contributed by atoms with Crippen molar-refractivity contribution in [1.82, 2.24) is 15.3 Å². The van der Waals surface area contributed by atoms with Crippen molar-refractivity contribution in [3.63, 3.8) is 0 Å². The molecule has 17 heavy (non-hydrogen) atoms. The molecule has 1 unspecified atom stereocenters. The van der Waals surface area contributed by atoms with Gasteiger partial charge in [-0.1, -0.05) is 6.92 Å². The Labute approximate surface area is 116 Å². The first-order valence-electron chi connectivity index (χ1n) is 5.37. The van der Waals surface area contributed by atoms with Gasteiger partial charge in [-0.25, -0.2) is 4.98 Å². The number of hydrogen-bond acceptors (Lipinski definition) is 3. The van der Waals surface area contributed by atoms with Gasteiger partial charge in [0.25, 0.3) is 0 Å². The summed E-state index contributed by atoms with van der Waals surface area (Å²) in [6.45, 7) is 2.79. The third-order valence-electron chi connectivity index (χ3n) is 2.48. The van der Waals surface area contributed by atoms with Crippen molar-refractivity contribution in [2.45, 2.75) is 25.9 Å². The molecule has 1 atom stereocenters. The Balaban J connectivity index is 1.97. The van der Waals surface area contributed by atoms with Gasteiger partial charge in [0.2, 0.25) is 0 Å². The van der Waals surface area contributed by atoms with E-state index in [1.54, 1.807) is 6.20 Å². The summed E-state index contributed by atoms with van der Waals surface area (Å²) in [7, 11) is 0. The average molecular weight is 363 g/mol. The average Bonchev–Trinajstić information content (AvgIpc) is 2.92. The molecule has 0 saturated heterocycles. The lowest BCUT2D eigenvalue weighted by atomic mass is 10.2. The summed E-state index contributed by atoms with van der Waals surface area (Å²) in [5.74, 6) is 1.84. The molecule has 0 radical (unpaired) electrons. The molecule has 0 bridgehead atoms. The number of aromatic nitrogens is 2. The Morgan fingerprint density at radius 3 is 2.88 bits per heavy atom. The summed E-state index contributed by atoms with van der Waals surface area (Å²) < 4.78 is 7.16. The van der Waals surface area contributed by atoms with Crippen LogP contribution in [0.15, 0.2) is 32.0 Å². The van der Waals surface area contributed by atoms with Crippen LogP contribution in [0.2, 0.25) is 0 Å². The number of H-pyrrole nitrogens is 1. The van der Waals surface area contributed by atoms with Crippen LogP contribution < -0.4 is 5.32 Å². The molecule has 4 nitrogen and oxygen atoms in total. The van der Waals surface area contributed by atoms with Gasteiger partial charge in [-0.2, -0.15) is 0 Å². The summed E-state index contributed by atoms with van der Waals surface area (Å²) in [4.78, 5) is 7.37. The van der Waals surface area contributed by atoms with Crippen LogP contribution in [-0.2, 0) is 6.54 Å². The largest absolute Gasteiger partial charge is 0.452 e. The van der Waals surface area contributed by atoms with E-state index in [4.69, 9.17) is 4.42 Å². The smallest absolute Gasteiger partial charge is 0.183 e. The summed E-state index contributed by atoms with van der Waals surface area (Å²) in [6.07, 6.45) is 4.57. The molecule has 2 aromatic rings. The Kier molecular flexibility index (Phi) is 4.42. The van der Waals surface area contributed by atoms with E-state index in [1.807, 2.05) is 12.3 Å². The molecule has 0 aliphatic carbocycles. The zero-order chi connectivity index (χ0) is 12.3. The molecule has 2 heterocycles. The van der Waals surface area contributed by atoms with Gasteiger partial charge >= 0.3 is 0 Å². The minimum absolute atomic E-state index is 0.215. The second-order valence-corrected chi connectivity index (χ2v) is 5.23. The van der Waals surface area contributed by atoms with Gasteiger partial charge in [0.15, 0.2) is 4.67 Å². The SMILES string of the molecule is CCC(NCc1cc(Br)c(Br)o1)c1ncc[nH]1. The Hall–Kier alpha value is -0.590. The standard InChI is InChI=1S/C11H13Br2N3O/c1-2-9(11-14-3-4-15-11)16-6-7-5-8(12)10(13)17-7/h3-5,9,16H,2,6H2,1H3,(H,14,15). The molecule has 0 spiro atoms. The number of furan rings is 1. The zero-order valence-electron chi connectivity index (χ0n) is 9.34. The maximum atomic E-state index is 5.50. The van der Waals surface area contributed by atoms with Crippen LogP contribution in [0.25, 0.3) is 0 Å². The minimum atomic E-state index is 0.215. The van der Waals surface area contributed by atoms with Gasteiger partial charge in [0.05, 0.1) is 17.1 Å². The lowest BCUT2D eigenvalue weighted by molar-refractivity contribution is 0.425. The fourth-order valence-electron chi connectivity index (χ4n) is 1.60. The van der Waals surface area contributed by atoms with Crippen molar-refractivity contribution < 1.29 is 4.42 Å². The maximum absolute atomic E-state index is 5.50. The fraction of sp³-hybridized carbons (Fsp3) is 0.364. The molecule has 0 amide bonds. The van der Waals surface area contributed by atoms with Crippen molar-refractivity contribution >= 4 is 31.9 Å². The van der Waals surface area contributed by atoms with E-state index in [9.17, 15) is 0 Å². The molecule has 6 heteroatoms. The zero-order valence-corrected chi connectivity index (χ0v) is 12.5. The molecule has 0 aliphatic rings. The highest BCUT2D eigenvalue weighted by Gasteiger charge is 2.12. The normalized spacial score (nSPS) is 12.9. The van der Waals surface area contributed by atoms with Crippen LogP contribution in [0, 0.1) is 0 Å². The highest BCUT2D eigenvalue weighted by Crippen LogP contribution is 2.27. The summed E-state index contributed by atoms with van der Waals surface area (Å²) in [5.41, 5.74) is 0. The quantitative estimate of drug-likeness (QED) is 0.851. The highest BCUT2D eigenvalue weighted by molar-refractivity contribution is 9.13. The number of aromatic amines is 1. The van der Waals surface area contributed by atoms with Gasteiger partial charge in [-0.15, -0.1) is 0 Å². The lowest BCUT2D eigenvalue weighted by Crippen LogP contribution is -2.21. The van der Waals surface area contributed by atoms with E-state index in [1.165, 1.54) is 0 Å². The summed E-state index contributed by atoms with van der Waals surface area (Å²) in [5, 5.41) is 3.40. The number of nitrogens with one attached hydrogen (secondary N) is 2. The number of rotatable bonds is 5. The highest BCUT2D eigenvalue weighted by atomic mass is 79.9. The maximum Gasteiger partial charge on any atom is 0.183 e. The van der Waals surface area contributed by atoms with Crippen molar-refractivity contribution in [1.29, 1.82) is 0 Å². The Morgan fingerprint density at radius 2 is 2.35 bits per heavy atom. The van der Waals surface area contributed by atoms with E-state index in [-0.39, 0.29) is 6.04 Å². The molecule has 0 aromatic carbocycles. The molecule has 2 rings (SSSR count). The van der Waals surface area contributed by atoms with Crippen LogP contribution in [0.3, 0.4) is 0 Å². The van der Waals surface area contributed by atoms with Crippen molar-refractivity contribution in [3.05, 3.63) is 39.2 Å². The second-order valence-electron chi connectivity index (χ2n) is 3.65. The van der Waals surface area contributed by atoms with E-state index in [0.29, 0.717) is 6.54 Å². The molecule has 0 fully saturated rings. The molecule has 2 aromatic heterocycles. The van der Waals surface area contributed by atoms with E-state index < -0.39 is 0 Å². The molecule has 0 saturated carbocycles. The number of halogens is 2. The van der Waals surface area contributed by atoms with Crippen LogP contribution in [0.1, 0.15) is 31.0 Å². The van der Waals surface area contributed by atoms with Gasteiger partial charge in [0, 0.05) is 12.4 Å². The first-order chi connectivity index (χ1) is 8.20. The van der Waals surface area contributed by atoms with Gasteiger partial charge in [-0.3, -0.25) is 0 Å². The van der Waals surface area contributed by atoms with Crippen LogP contribution in [0.5, 0.6) is 0 Å². The van der Waals surface area contributed by atoms with Gasteiger partial charge in [-0.05, 0) is 44.3 Å².